The quantitative estimate of drug-likeness (QED) is 0.458. The Hall–Kier alpha value is -0.980. The van der Waals surface area contributed by atoms with Gasteiger partial charge in [-0.05, 0) is 52.3 Å². The molecular weight excluding hydrogens is 377 g/mol. The first kappa shape index (κ1) is 20.0. The van der Waals surface area contributed by atoms with Gasteiger partial charge >= 0.3 is 0 Å². The molecule has 0 aliphatic rings. The molecule has 0 unspecified atom stereocenters. The summed E-state index contributed by atoms with van der Waals surface area (Å²) in [6.45, 7) is 11.1. The van der Waals surface area contributed by atoms with Gasteiger partial charge in [-0.15, -0.1) is 24.0 Å². The summed E-state index contributed by atoms with van der Waals surface area (Å²) in [4.78, 5) is 4.22. The van der Waals surface area contributed by atoms with E-state index < -0.39 is 0 Å². The molecule has 21 heavy (non-hydrogen) atoms. The summed E-state index contributed by atoms with van der Waals surface area (Å²) in [5.74, 6) is 1.71. The first-order valence-corrected chi connectivity index (χ1v) is 7.04. The van der Waals surface area contributed by atoms with Crippen LogP contribution in [0, 0.1) is 0 Å². The van der Waals surface area contributed by atoms with Crippen LogP contribution in [0.3, 0.4) is 0 Å². The van der Waals surface area contributed by atoms with Crippen LogP contribution in [0.25, 0.3) is 0 Å². The maximum Gasteiger partial charge on any atom is 0.191 e. The Balaban J connectivity index is 0.00000400. The summed E-state index contributed by atoms with van der Waals surface area (Å²) in [6.07, 6.45) is 0.203. The van der Waals surface area contributed by atoms with Crippen molar-refractivity contribution >= 4 is 29.9 Å². The lowest BCUT2D eigenvalue weighted by atomic mass is 10.1. The van der Waals surface area contributed by atoms with E-state index in [0.29, 0.717) is 0 Å². The predicted octanol–water partition coefficient (Wildman–Crippen LogP) is 3.56. The third-order valence-corrected chi connectivity index (χ3v) is 2.47. The average molecular weight is 405 g/mol. The van der Waals surface area contributed by atoms with E-state index in [1.54, 1.807) is 7.05 Å². The van der Waals surface area contributed by atoms with Gasteiger partial charge in [0.25, 0.3) is 0 Å². The van der Waals surface area contributed by atoms with Crippen LogP contribution in [0.4, 0.5) is 0 Å². The molecule has 4 nitrogen and oxygen atoms in total. The molecule has 5 heteroatoms. The summed E-state index contributed by atoms with van der Waals surface area (Å²) < 4.78 is 5.63. The van der Waals surface area contributed by atoms with E-state index >= 15 is 0 Å². The van der Waals surface area contributed by atoms with Crippen LogP contribution in [-0.4, -0.2) is 24.7 Å². The maximum absolute atomic E-state index is 5.63. The summed E-state index contributed by atoms with van der Waals surface area (Å²) >= 11 is 0. The van der Waals surface area contributed by atoms with E-state index in [4.69, 9.17) is 4.74 Å². The number of aliphatic imine (C=N–C) groups is 1. The van der Waals surface area contributed by atoms with Crippen molar-refractivity contribution < 1.29 is 4.74 Å². The van der Waals surface area contributed by atoms with Crippen LogP contribution in [0.15, 0.2) is 29.3 Å². The topological polar surface area (TPSA) is 45.7 Å². The van der Waals surface area contributed by atoms with Gasteiger partial charge in [-0.1, -0.05) is 12.1 Å². The molecule has 1 aromatic carbocycles. The number of rotatable bonds is 4. The van der Waals surface area contributed by atoms with Crippen molar-refractivity contribution in [2.24, 2.45) is 4.99 Å². The minimum absolute atomic E-state index is 0. The molecule has 1 aromatic rings. The van der Waals surface area contributed by atoms with Gasteiger partial charge in [0.15, 0.2) is 5.96 Å². The molecule has 0 amide bonds. The number of hydrogen-bond acceptors (Lipinski definition) is 2. The van der Waals surface area contributed by atoms with E-state index in [-0.39, 0.29) is 35.6 Å². The van der Waals surface area contributed by atoms with Crippen LogP contribution in [0.1, 0.15) is 40.2 Å². The summed E-state index contributed by atoms with van der Waals surface area (Å²) in [5, 5.41) is 6.63. The van der Waals surface area contributed by atoms with E-state index in [1.165, 1.54) is 5.56 Å². The van der Waals surface area contributed by atoms with E-state index in [1.807, 2.05) is 26.0 Å². The molecule has 0 radical (unpaired) electrons. The zero-order valence-electron chi connectivity index (χ0n) is 13.9. The van der Waals surface area contributed by atoms with Gasteiger partial charge < -0.3 is 15.4 Å². The maximum atomic E-state index is 5.63. The first-order valence-electron chi connectivity index (χ1n) is 7.04. The molecule has 0 fully saturated rings. The Bertz CT molecular complexity index is 436. The summed E-state index contributed by atoms with van der Waals surface area (Å²) in [5.41, 5.74) is 1.19. The van der Waals surface area contributed by atoms with Crippen molar-refractivity contribution in [3.63, 3.8) is 0 Å². The van der Waals surface area contributed by atoms with Gasteiger partial charge in [0.1, 0.15) is 5.75 Å². The van der Waals surface area contributed by atoms with Crippen LogP contribution in [0.2, 0.25) is 0 Å². The SMILES string of the molecule is CN=C(NCc1ccc(OC(C)C)cc1)NC(C)(C)C.I. The van der Waals surface area contributed by atoms with Crippen molar-refractivity contribution in [2.45, 2.75) is 52.8 Å². The Morgan fingerprint density at radius 3 is 2.19 bits per heavy atom. The standard InChI is InChI=1S/C16H27N3O.HI/c1-12(2)20-14-9-7-13(8-10-14)11-18-15(17-6)19-16(3,4)5;/h7-10,12H,11H2,1-6H3,(H2,17,18,19);1H. The molecule has 0 heterocycles. The highest BCUT2D eigenvalue weighted by Gasteiger charge is 2.11. The van der Waals surface area contributed by atoms with Crippen LogP contribution >= 0.6 is 24.0 Å². The molecule has 1 rings (SSSR count). The third-order valence-electron chi connectivity index (χ3n) is 2.47. The Morgan fingerprint density at radius 2 is 1.76 bits per heavy atom. The molecule has 0 aromatic heterocycles. The minimum atomic E-state index is -0.00317. The smallest absolute Gasteiger partial charge is 0.191 e. The van der Waals surface area contributed by atoms with Crippen molar-refractivity contribution in [2.75, 3.05) is 7.05 Å². The van der Waals surface area contributed by atoms with Gasteiger partial charge in [-0.3, -0.25) is 4.99 Å². The van der Waals surface area contributed by atoms with Crippen LogP contribution in [-0.2, 0) is 6.54 Å². The summed E-state index contributed by atoms with van der Waals surface area (Å²) in [6, 6.07) is 8.12. The lowest BCUT2D eigenvalue weighted by Gasteiger charge is -2.23. The fourth-order valence-corrected chi connectivity index (χ4v) is 1.68. The highest BCUT2D eigenvalue weighted by molar-refractivity contribution is 14.0. The van der Waals surface area contributed by atoms with Crippen LogP contribution in [0.5, 0.6) is 5.75 Å². The molecule has 0 saturated carbocycles. The minimum Gasteiger partial charge on any atom is -0.491 e. The number of halogens is 1. The Kier molecular flexibility index (Phi) is 8.70. The molecule has 0 aliphatic heterocycles. The number of nitrogens with zero attached hydrogens (tertiary/aromatic N) is 1. The first-order chi connectivity index (χ1) is 9.30. The van der Waals surface area contributed by atoms with Crippen LogP contribution < -0.4 is 15.4 Å². The number of hydrogen-bond donors (Lipinski definition) is 2. The molecule has 0 aliphatic carbocycles. The number of ether oxygens (including phenoxy) is 1. The van der Waals surface area contributed by atoms with Gasteiger partial charge in [-0.25, -0.2) is 0 Å². The van der Waals surface area contributed by atoms with E-state index in [2.05, 4.69) is 48.5 Å². The zero-order chi connectivity index (χ0) is 15.2. The average Bonchev–Trinajstić information content (AvgIpc) is 2.34. The second kappa shape index (κ2) is 9.12. The van der Waals surface area contributed by atoms with Crippen molar-refractivity contribution in [1.82, 2.24) is 10.6 Å². The summed E-state index contributed by atoms with van der Waals surface area (Å²) in [7, 11) is 1.78. The molecule has 0 atom stereocenters. The van der Waals surface area contributed by atoms with Crippen molar-refractivity contribution in [3.8, 4) is 5.75 Å². The Morgan fingerprint density at radius 1 is 1.19 bits per heavy atom. The van der Waals surface area contributed by atoms with Gasteiger partial charge in [0.05, 0.1) is 6.10 Å². The number of benzene rings is 1. The fraction of sp³-hybridized carbons (Fsp3) is 0.562. The second-order valence-corrected chi connectivity index (χ2v) is 6.11. The highest BCUT2D eigenvalue weighted by atomic mass is 127. The molecule has 0 bridgehead atoms. The molecule has 0 spiro atoms. The van der Waals surface area contributed by atoms with Crippen molar-refractivity contribution in [1.29, 1.82) is 0 Å². The lowest BCUT2D eigenvalue weighted by molar-refractivity contribution is 0.242. The second-order valence-electron chi connectivity index (χ2n) is 6.11. The van der Waals surface area contributed by atoms with Gasteiger partial charge in [0, 0.05) is 19.1 Å². The normalized spacial score (nSPS) is 11.9. The largest absolute Gasteiger partial charge is 0.491 e. The van der Waals surface area contributed by atoms with Gasteiger partial charge in [-0.2, -0.15) is 0 Å². The zero-order valence-corrected chi connectivity index (χ0v) is 16.2. The highest BCUT2D eigenvalue weighted by Crippen LogP contribution is 2.13. The number of nitrogens with one attached hydrogen (secondary N) is 2. The predicted molar refractivity (Wildman–Crippen MR) is 101 cm³/mol. The third kappa shape index (κ3) is 8.80. The fourth-order valence-electron chi connectivity index (χ4n) is 1.68. The molecule has 2 N–H and O–H groups in total. The number of guanidine groups is 1. The van der Waals surface area contributed by atoms with Gasteiger partial charge in [0.2, 0.25) is 0 Å². The molecule has 0 saturated heterocycles. The molecule has 120 valence electrons. The van der Waals surface area contributed by atoms with E-state index in [9.17, 15) is 0 Å². The lowest BCUT2D eigenvalue weighted by Crippen LogP contribution is -2.47. The Labute approximate surface area is 145 Å². The van der Waals surface area contributed by atoms with E-state index in [0.717, 1.165) is 18.3 Å². The van der Waals surface area contributed by atoms with Crippen molar-refractivity contribution in [3.05, 3.63) is 29.8 Å². The monoisotopic (exact) mass is 405 g/mol. The molecular formula is C16H28IN3O.